The number of unbranched alkanes of at least 4 members (excludes halogenated alkanes) is 5. The maximum absolute atomic E-state index is 10.7. The topological polar surface area (TPSA) is 49.7 Å². The summed E-state index contributed by atoms with van der Waals surface area (Å²) in [5.41, 5.74) is 0. The fourth-order valence-corrected chi connectivity index (χ4v) is 1.55. The Morgan fingerprint density at radius 3 is 2.25 bits per heavy atom. The molecular weight excluding hydrogens is 204 g/mol. The lowest BCUT2D eigenvalue weighted by molar-refractivity contribution is -0.117. The van der Waals surface area contributed by atoms with Crippen LogP contribution in [0.1, 0.15) is 58.8 Å². The summed E-state index contributed by atoms with van der Waals surface area (Å²) < 4.78 is 0. The van der Waals surface area contributed by atoms with Gasteiger partial charge in [-0.05, 0) is 13.3 Å². The van der Waals surface area contributed by atoms with E-state index in [0.29, 0.717) is 19.5 Å². The van der Waals surface area contributed by atoms with Gasteiger partial charge < -0.3 is 0 Å². The second-order valence-electron chi connectivity index (χ2n) is 4.26. The Bertz CT molecular complexity index is 195. The molecule has 0 atom stereocenters. The first-order valence-electron chi connectivity index (χ1n) is 6.28. The molecule has 0 aliphatic carbocycles. The van der Waals surface area contributed by atoms with E-state index in [1.165, 1.54) is 37.6 Å². The minimum Gasteiger partial charge on any atom is -0.300 e. The van der Waals surface area contributed by atoms with Crippen LogP contribution in [0.3, 0.4) is 0 Å². The summed E-state index contributed by atoms with van der Waals surface area (Å²) in [6, 6.07) is 0. The van der Waals surface area contributed by atoms with E-state index in [9.17, 15) is 9.70 Å². The zero-order chi connectivity index (χ0) is 12.2. The summed E-state index contributed by atoms with van der Waals surface area (Å²) in [6.45, 7) is 4.88. The molecule has 0 radical (unpaired) electrons. The summed E-state index contributed by atoms with van der Waals surface area (Å²) in [7, 11) is 0. The third kappa shape index (κ3) is 9.62. The van der Waals surface area contributed by atoms with Gasteiger partial charge in [0.2, 0.25) is 0 Å². The normalized spacial score (nSPS) is 10.1. The quantitative estimate of drug-likeness (QED) is 0.310. The highest BCUT2D eigenvalue weighted by molar-refractivity contribution is 5.75. The van der Waals surface area contributed by atoms with Crippen LogP contribution in [-0.4, -0.2) is 23.9 Å². The predicted molar refractivity (Wildman–Crippen MR) is 66.0 cm³/mol. The number of hydrogen-bond donors (Lipinski definition) is 0. The molecule has 16 heavy (non-hydrogen) atoms. The number of ketones is 1. The van der Waals surface area contributed by atoms with E-state index < -0.39 is 0 Å². The van der Waals surface area contributed by atoms with Crippen LogP contribution in [0.2, 0.25) is 0 Å². The van der Waals surface area contributed by atoms with Crippen LogP contribution in [0, 0.1) is 4.91 Å². The number of carbonyl (C=O) groups excluding carboxylic acids is 1. The van der Waals surface area contributed by atoms with E-state index in [0.717, 1.165) is 12.8 Å². The summed E-state index contributed by atoms with van der Waals surface area (Å²) in [4.78, 5) is 21.2. The Hall–Kier alpha value is -0.930. The monoisotopic (exact) mass is 228 g/mol. The van der Waals surface area contributed by atoms with Gasteiger partial charge in [0.05, 0.1) is 5.29 Å². The fourth-order valence-electron chi connectivity index (χ4n) is 1.55. The Morgan fingerprint density at radius 1 is 1.06 bits per heavy atom. The smallest absolute Gasteiger partial charge is 0.131 e. The van der Waals surface area contributed by atoms with Gasteiger partial charge in [-0.15, -0.1) is 4.91 Å². The standard InChI is InChI=1S/C12H24N2O2/c1-3-4-5-6-7-8-10-14(13-16)11-9-12(2)15/h3-11H2,1-2H3. The van der Waals surface area contributed by atoms with Crippen molar-refractivity contribution in [1.29, 1.82) is 0 Å². The third-order valence-corrected chi connectivity index (χ3v) is 2.61. The molecule has 0 aromatic carbocycles. The van der Waals surface area contributed by atoms with Crippen molar-refractivity contribution >= 4 is 5.78 Å². The van der Waals surface area contributed by atoms with Crippen molar-refractivity contribution in [2.45, 2.75) is 58.8 Å². The largest absolute Gasteiger partial charge is 0.300 e. The lowest BCUT2D eigenvalue weighted by atomic mass is 10.1. The van der Waals surface area contributed by atoms with Crippen LogP contribution in [0.25, 0.3) is 0 Å². The molecule has 0 saturated carbocycles. The van der Waals surface area contributed by atoms with Gasteiger partial charge in [-0.1, -0.05) is 39.0 Å². The fraction of sp³-hybridized carbons (Fsp3) is 0.917. The van der Waals surface area contributed by atoms with E-state index in [4.69, 9.17) is 0 Å². The number of carbonyl (C=O) groups is 1. The van der Waals surface area contributed by atoms with Gasteiger partial charge in [-0.3, -0.25) is 9.80 Å². The van der Waals surface area contributed by atoms with E-state index in [2.05, 4.69) is 12.2 Å². The Kier molecular flexibility index (Phi) is 9.97. The molecular formula is C12H24N2O2. The molecule has 0 aliphatic rings. The number of Topliss-reactive ketones (excluding diaryl/α,β-unsaturated/α-hetero) is 1. The van der Waals surface area contributed by atoms with Crippen LogP contribution in [0.15, 0.2) is 5.29 Å². The summed E-state index contributed by atoms with van der Waals surface area (Å²) >= 11 is 0. The molecule has 4 nitrogen and oxygen atoms in total. The molecule has 0 fully saturated rings. The molecule has 0 aliphatic heterocycles. The van der Waals surface area contributed by atoms with Gasteiger partial charge >= 0.3 is 0 Å². The van der Waals surface area contributed by atoms with E-state index >= 15 is 0 Å². The zero-order valence-corrected chi connectivity index (χ0v) is 10.6. The zero-order valence-electron chi connectivity index (χ0n) is 10.6. The molecule has 4 heteroatoms. The van der Waals surface area contributed by atoms with Crippen molar-refractivity contribution in [1.82, 2.24) is 5.01 Å². The maximum Gasteiger partial charge on any atom is 0.131 e. The number of nitroso groups, excluding NO2 is 1. The molecule has 0 amide bonds. The molecule has 0 rings (SSSR count). The van der Waals surface area contributed by atoms with Crippen molar-refractivity contribution in [3.05, 3.63) is 4.91 Å². The lowest BCUT2D eigenvalue weighted by Gasteiger charge is -2.13. The molecule has 0 N–H and O–H groups in total. The van der Waals surface area contributed by atoms with Crippen LogP contribution in [0.4, 0.5) is 0 Å². The molecule has 0 aromatic heterocycles. The highest BCUT2D eigenvalue weighted by atomic mass is 16.3. The van der Waals surface area contributed by atoms with Gasteiger partial charge in [-0.2, -0.15) is 0 Å². The number of rotatable bonds is 11. The Labute approximate surface area is 98.3 Å². The lowest BCUT2D eigenvalue weighted by Crippen LogP contribution is -2.21. The number of hydrogen-bond acceptors (Lipinski definition) is 3. The van der Waals surface area contributed by atoms with Gasteiger partial charge in [0.25, 0.3) is 0 Å². The van der Waals surface area contributed by atoms with E-state index in [1.54, 1.807) is 0 Å². The average molecular weight is 228 g/mol. The van der Waals surface area contributed by atoms with Crippen LogP contribution < -0.4 is 0 Å². The Morgan fingerprint density at radius 2 is 1.69 bits per heavy atom. The Balaban J connectivity index is 3.40. The van der Waals surface area contributed by atoms with Gasteiger partial charge in [-0.25, -0.2) is 0 Å². The molecule has 0 bridgehead atoms. The minimum atomic E-state index is 0.108. The SMILES string of the molecule is CCCCCCCCN(CCC(C)=O)N=O. The first kappa shape index (κ1) is 15.1. The molecule has 0 aromatic rings. The molecule has 94 valence electrons. The number of nitrogens with zero attached hydrogens (tertiary/aromatic N) is 2. The third-order valence-electron chi connectivity index (χ3n) is 2.61. The molecule has 0 unspecified atom stereocenters. The van der Waals surface area contributed by atoms with Crippen molar-refractivity contribution in [3.8, 4) is 0 Å². The van der Waals surface area contributed by atoms with E-state index in [-0.39, 0.29) is 5.78 Å². The van der Waals surface area contributed by atoms with Crippen LogP contribution >= 0.6 is 0 Å². The van der Waals surface area contributed by atoms with Crippen LogP contribution in [-0.2, 0) is 4.79 Å². The van der Waals surface area contributed by atoms with E-state index in [1.807, 2.05) is 0 Å². The van der Waals surface area contributed by atoms with Gasteiger partial charge in [0, 0.05) is 19.5 Å². The molecule has 0 saturated heterocycles. The van der Waals surface area contributed by atoms with Crippen molar-refractivity contribution < 1.29 is 4.79 Å². The highest BCUT2D eigenvalue weighted by Gasteiger charge is 2.03. The second kappa shape index (κ2) is 10.6. The molecule has 0 spiro atoms. The molecule has 0 heterocycles. The first-order valence-corrected chi connectivity index (χ1v) is 6.28. The van der Waals surface area contributed by atoms with Crippen molar-refractivity contribution in [2.24, 2.45) is 5.29 Å². The summed E-state index contributed by atoms with van der Waals surface area (Å²) in [5.74, 6) is 0.108. The minimum absolute atomic E-state index is 0.108. The first-order chi connectivity index (χ1) is 7.70. The average Bonchev–Trinajstić information content (AvgIpc) is 2.27. The highest BCUT2D eigenvalue weighted by Crippen LogP contribution is 2.06. The van der Waals surface area contributed by atoms with Crippen LogP contribution in [0.5, 0.6) is 0 Å². The van der Waals surface area contributed by atoms with Gasteiger partial charge in [0.1, 0.15) is 5.78 Å². The maximum atomic E-state index is 10.7. The predicted octanol–water partition coefficient (Wildman–Crippen LogP) is 3.31. The summed E-state index contributed by atoms with van der Waals surface area (Å²) in [5, 5.41) is 4.38. The van der Waals surface area contributed by atoms with Crippen molar-refractivity contribution in [3.63, 3.8) is 0 Å². The van der Waals surface area contributed by atoms with Gasteiger partial charge in [0.15, 0.2) is 0 Å². The van der Waals surface area contributed by atoms with Crippen molar-refractivity contribution in [2.75, 3.05) is 13.1 Å². The summed E-state index contributed by atoms with van der Waals surface area (Å²) in [6.07, 6.45) is 7.60. The second-order valence-corrected chi connectivity index (χ2v) is 4.26.